The Morgan fingerprint density at radius 2 is 1.89 bits per heavy atom. The topological polar surface area (TPSA) is 15.3 Å². The quantitative estimate of drug-likeness (QED) is 0.810. The molecule has 2 rings (SSSR count). The summed E-state index contributed by atoms with van der Waals surface area (Å²) in [5, 5.41) is 3.76. The zero-order valence-corrected chi connectivity index (χ0v) is 13.2. The minimum absolute atomic E-state index is 0.791. The molecule has 3 unspecified atom stereocenters. The molecule has 1 N–H and O–H groups in total. The summed E-state index contributed by atoms with van der Waals surface area (Å²) in [4.78, 5) is 2.90. The molecule has 2 heteroatoms. The molecule has 0 aromatic heterocycles. The Hall–Kier alpha value is -0.0800. The molecule has 1 aliphatic carbocycles. The number of hydrogen-bond donors (Lipinski definition) is 1. The summed E-state index contributed by atoms with van der Waals surface area (Å²) in [6.07, 6.45) is 14.1. The SMILES string of the molecule is CCCNC1CCCC(N2CCCCCC2CC)C1. The Kier molecular flexibility index (Phi) is 6.66. The van der Waals surface area contributed by atoms with Crippen molar-refractivity contribution in [3.8, 4) is 0 Å². The van der Waals surface area contributed by atoms with E-state index < -0.39 is 0 Å². The summed E-state index contributed by atoms with van der Waals surface area (Å²) >= 11 is 0. The van der Waals surface area contributed by atoms with Crippen LogP contribution in [0.2, 0.25) is 0 Å². The van der Waals surface area contributed by atoms with Gasteiger partial charge < -0.3 is 5.32 Å². The maximum Gasteiger partial charge on any atom is 0.0113 e. The minimum Gasteiger partial charge on any atom is -0.314 e. The third-order valence-electron chi connectivity index (χ3n) is 5.19. The third-order valence-corrected chi connectivity index (χ3v) is 5.19. The molecule has 3 atom stereocenters. The van der Waals surface area contributed by atoms with Gasteiger partial charge in [0.2, 0.25) is 0 Å². The molecular formula is C17H34N2. The van der Waals surface area contributed by atoms with Crippen LogP contribution in [0, 0.1) is 0 Å². The van der Waals surface area contributed by atoms with E-state index in [1.54, 1.807) is 0 Å². The normalized spacial score (nSPS) is 34.1. The maximum atomic E-state index is 3.76. The van der Waals surface area contributed by atoms with Crippen LogP contribution in [-0.4, -0.2) is 36.1 Å². The first kappa shape index (κ1) is 15.3. The van der Waals surface area contributed by atoms with Crippen molar-refractivity contribution >= 4 is 0 Å². The van der Waals surface area contributed by atoms with Crippen molar-refractivity contribution < 1.29 is 0 Å². The van der Waals surface area contributed by atoms with Crippen LogP contribution >= 0.6 is 0 Å². The smallest absolute Gasteiger partial charge is 0.0113 e. The van der Waals surface area contributed by atoms with Gasteiger partial charge in [-0.15, -0.1) is 0 Å². The minimum atomic E-state index is 0.791. The Balaban J connectivity index is 1.90. The highest BCUT2D eigenvalue weighted by atomic mass is 15.2. The standard InChI is InChI=1S/C17H34N2/c1-3-12-18-15-9-8-11-17(14-15)19-13-7-5-6-10-16(19)4-2/h15-18H,3-14H2,1-2H3. The lowest BCUT2D eigenvalue weighted by atomic mass is 9.88. The lowest BCUT2D eigenvalue weighted by Crippen LogP contribution is -2.48. The molecule has 0 amide bonds. The first-order chi connectivity index (χ1) is 9.35. The molecule has 1 aliphatic heterocycles. The van der Waals surface area contributed by atoms with E-state index >= 15 is 0 Å². The molecule has 0 aromatic rings. The molecule has 0 spiro atoms. The Labute approximate surface area is 120 Å². The molecule has 1 heterocycles. The van der Waals surface area contributed by atoms with Gasteiger partial charge in [0, 0.05) is 18.1 Å². The van der Waals surface area contributed by atoms with E-state index in [4.69, 9.17) is 0 Å². The molecule has 1 saturated heterocycles. The lowest BCUT2D eigenvalue weighted by Gasteiger charge is -2.41. The van der Waals surface area contributed by atoms with Crippen LogP contribution in [-0.2, 0) is 0 Å². The van der Waals surface area contributed by atoms with Gasteiger partial charge in [0.25, 0.3) is 0 Å². The second-order valence-electron chi connectivity index (χ2n) is 6.62. The molecule has 2 nitrogen and oxygen atoms in total. The van der Waals surface area contributed by atoms with Gasteiger partial charge in [-0.3, -0.25) is 4.90 Å². The van der Waals surface area contributed by atoms with Crippen LogP contribution in [0.3, 0.4) is 0 Å². The van der Waals surface area contributed by atoms with E-state index in [1.807, 2.05) is 0 Å². The molecule has 0 aromatic carbocycles. The van der Waals surface area contributed by atoms with Crippen molar-refractivity contribution in [3.63, 3.8) is 0 Å². The average Bonchev–Trinajstić information content (AvgIpc) is 2.70. The predicted octanol–water partition coefficient (Wildman–Crippen LogP) is 3.95. The average molecular weight is 266 g/mol. The van der Waals surface area contributed by atoms with Crippen LogP contribution in [0.1, 0.15) is 78.1 Å². The molecule has 0 radical (unpaired) electrons. The summed E-state index contributed by atoms with van der Waals surface area (Å²) < 4.78 is 0. The summed E-state index contributed by atoms with van der Waals surface area (Å²) in [6.45, 7) is 7.23. The second kappa shape index (κ2) is 8.26. The fraction of sp³-hybridized carbons (Fsp3) is 1.00. The number of hydrogen-bond acceptors (Lipinski definition) is 2. The largest absolute Gasteiger partial charge is 0.314 e. The number of nitrogens with one attached hydrogen (secondary N) is 1. The monoisotopic (exact) mass is 266 g/mol. The van der Waals surface area contributed by atoms with Crippen molar-refractivity contribution in [2.45, 2.75) is 96.2 Å². The van der Waals surface area contributed by atoms with Gasteiger partial charge in [-0.25, -0.2) is 0 Å². The Morgan fingerprint density at radius 3 is 2.68 bits per heavy atom. The van der Waals surface area contributed by atoms with Gasteiger partial charge >= 0.3 is 0 Å². The fourth-order valence-electron chi connectivity index (χ4n) is 4.12. The second-order valence-corrected chi connectivity index (χ2v) is 6.62. The van der Waals surface area contributed by atoms with Crippen LogP contribution in [0.15, 0.2) is 0 Å². The highest BCUT2D eigenvalue weighted by Gasteiger charge is 2.30. The highest BCUT2D eigenvalue weighted by molar-refractivity contribution is 4.87. The van der Waals surface area contributed by atoms with Crippen molar-refractivity contribution in [2.24, 2.45) is 0 Å². The number of nitrogens with zero attached hydrogens (tertiary/aromatic N) is 1. The van der Waals surface area contributed by atoms with E-state index in [2.05, 4.69) is 24.1 Å². The first-order valence-electron chi connectivity index (χ1n) is 8.84. The zero-order chi connectivity index (χ0) is 13.5. The van der Waals surface area contributed by atoms with Crippen LogP contribution in [0.25, 0.3) is 0 Å². The first-order valence-corrected chi connectivity index (χ1v) is 8.84. The number of rotatable bonds is 5. The molecule has 2 fully saturated rings. The molecule has 112 valence electrons. The van der Waals surface area contributed by atoms with Gasteiger partial charge in [-0.05, 0) is 58.0 Å². The van der Waals surface area contributed by atoms with E-state index in [0.29, 0.717) is 0 Å². The van der Waals surface area contributed by atoms with Crippen molar-refractivity contribution in [1.82, 2.24) is 10.2 Å². The summed E-state index contributed by atoms with van der Waals surface area (Å²) in [5.41, 5.74) is 0. The van der Waals surface area contributed by atoms with E-state index in [1.165, 1.54) is 77.3 Å². The van der Waals surface area contributed by atoms with Gasteiger partial charge in [0.15, 0.2) is 0 Å². The lowest BCUT2D eigenvalue weighted by molar-refractivity contribution is 0.0926. The van der Waals surface area contributed by atoms with Crippen LogP contribution in [0.4, 0.5) is 0 Å². The van der Waals surface area contributed by atoms with Crippen molar-refractivity contribution in [2.75, 3.05) is 13.1 Å². The van der Waals surface area contributed by atoms with E-state index in [-0.39, 0.29) is 0 Å². The van der Waals surface area contributed by atoms with Gasteiger partial charge in [-0.1, -0.05) is 33.1 Å². The maximum absolute atomic E-state index is 3.76. The molecule has 2 aliphatic rings. The molecule has 0 bridgehead atoms. The van der Waals surface area contributed by atoms with Gasteiger partial charge in [0.1, 0.15) is 0 Å². The Morgan fingerprint density at radius 1 is 1.00 bits per heavy atom. The molecule has 1 saturated carbocycles. The predicted molar refractivity (Wildman–Crippen MR) is 83.6 cm³/mol. The van der Waals surface area contributed by atoms with Crippen molar-refractivity contribution in [3.05, 3.63) is 0 Å². The van der Waals surface area contributed by atoms with Gasteiger partial charge in [-0.2, -0.15) is 0 Å². The van der Waals surface area contributed by atoms with Crippen LogP contribution in [0.5, 0.6) is 0 Å². The fourth-order valence-corrected chi connectivity index (χ4v) is 4.12. The van der Waals surface area contributed by atoms with Crippen molar-refractivity contribution in [1.29, 1.82) is 0 Å². The molecular weight excluding hydrogens is 232 g/mol. The molecule has 19 heavy (non-hydrogen) atoms. The summed E-state index contributed by atoms with van der Waals surface area (Å²) in [6, 6.07) is 2.53. The highest BCUT2D eigenvalue weighted by Crippen LogP contribution is 2.29. The summed E-state index contributed by atoms with van der Waals surface area (Å²) in [7, 11) is 0. The van der Waals surface area contributed by atoms with E-state index in [0.717, 1.165) is 18.1 Å². The van der Waals surface area contributed by atoms with Crippen LogP contribution < -0.4 is 5.32 Å². The Bertz CT molecular complexity index is 241. The van der Waals surface area contributed by atoms with Gasteiger partial charge in [0.05, 0.1) is 0 Å². The number of likely N-dealkylation sites (tertiary alicyclic amines) is 1. The summed E-state index contributed by atoms with van der Waals surface area (Å²) in [5.74, 6) is 0. The van der Waals surface area contributed by atoms with E-state index in [9.17, 15) is 0 Å². The zero-order valence-electron chi connectivity index (χ0n) is 13.2. The third kappa shape index (κ3) is 4.46.